The van der Waals surface area contributed by atoms with Crippen LogP contribution in [0.2, 0.25) is 0 Å². The predicted molar refractivity (Wildman–Crippen MR) is 173 cm³/mol. The number of carboxylic acid groups (broad SMARTS) is 1. The molecule has 238 valence electrons. The van der Waals surface area contributed by atoms with Gasteiger partial charge in [0.15, 0.2) is 0 Å². The van der Waals surface area contributed by atoms with Crippen molar-refractivity contribution in [2.45, 2.75) is 97.8 Å². The van der Waals surface area contributed by atoms with Crippen LogP contribution < -0.4 is 9.64 Å². The number of aromatic carboxylic acids is 1. The Kier molecular flexibility index (Phi) is 10.7. The molecule has 0 bridgehead atoms. The highest BCUT2D eigenvalue weighted by Gasteiger charge is 2.38. The molecule has 2 aromatic heterocycles. The van der Waals surface area contributed by atoms with Gasteiger partial charge in [-0.2, -0.15) is 0 Å². The molecule has 1 amide bonds. The van der Waals surface area contributed by atoms with E-state index in [1.54, 1.807) is 0 Å². The molecule has 0 radical (unpaired) electrons. The third-order valence-electron chi connectivity index (χ3n) is 8.90. The van der Waals surface area contributed by atoms with Crippen molar-refractivity contribution in [1.82, 2.24) is 9.88 Å². The largest absolute Gasteiger partial charge is 0.477 e. The van der Waals surface area contributed by atoms with E-state index in [1.807, 2.05) is 49.9 Å². The van der Waals surface area contributed by atoms with Crippen molar-refractivity contribution in [3.05, 3.63) is 39.7 Å². The van der Waals surface area contributed by atoms with Crippen molar-refractivity contribution in [2.75, 3.05) is 31.2 Å². The second-order valence-corrected chi connectivity index (χ2v) is 14.8. The number of hydrogen-bond donors (Lipinski definition) is 1. The zero-order valence-corrected chi connectivity index (χ0v) is 27.5. The number of amides is 1. The Balaban J connectivity index is 1.32. The summed E-state index contributed by atoms with van der Waals surface area (Å²) in [5.74, 6) is 6.63. The number of carboxylic acids is 1. The van der Waals surface area contributed by atoms with Crippen LogP contribution in [0.5, 0.6) is 5.88 Å². The Hall–Kier alpha value is -2.93. The van der Waals surface area contributed by atoms with E-state index in [1.165, 1.54) is 11.3 Å². The van der Waals surface area contributed by atoms with Crippen LogP contribution in [0.3, 0.4) is 0 Å². The van der Waals surface area contributed by atoms with Crippen LogP contribution in [-0.4, -0.2) is 65.3 Å². The summed E-state index contributed by atoms with van der Waals surface area (Å²) in [5, 5.41) is 10.2. The quantitative estimate of drug-likeness (QED) is 0.331. The number of hydrogen-bond acceptors (Lipinski definition) is 7. The normalized spacial score (nSPS) is 24.6. The van der Waals surface area contributed by atoms with E-state index in [0.29, 0.717) is 22.4 Å². The van der Waals surface area contributed by atoms with E-state index in [2.05, 4.69) is 23.7 Å². The van der Waals surface area contributed by atoms with Gasteiger partial charge in [0.1, 0.15) is 11.0 Å². The van der Waals surface area contributed by atoms with Crippen molar-refractivity contribution in [3.63, 3.8) is 0 Å². The number of carbonyl (C=O) groups excluding carboxylic acids is 1. The summed E-state index contributed by atoms with van der Waals surface area (Å²) in [5.41, 5.74) is 1.28. The number of morpholine rings is 1. The molecule has 3 fully saturated rings. The SMILES string of the molecule is CC1CCC(C(=O)N(c2cc(C#CC(C)(C)C)sc2C(=O)O)[C@H]2CC[C@H](Oc3cccc(CN4CCOCC4)n3)CC2)CC1. The van der Waals surface area contributed by atoms with Crippen LogP contribution in [0.25, 0.3) is 0 Å². The van der Waals surface area contributed by atoms with Crippen LogP contribution >= 0.6 is 11.3 Å². The minimum absolute atomic E-state index is 0.000462. The van der Waals surface area contributed by atoms with Crippen LogP contribution in [-0.2, 0) is 16.1 Å². The number of carbonyl (C=O) groups is 2. The second-order valence-electron chi connectivity index (χ2n) is 13.7. The molecule has 2 saturated carbocycles. The Bertz CT molecular complexity index is 1350. The monoisotopic (exact) mass is 621 g/mol. The molecule has 44 heavy (non-hydrogen) atoms. The number of pyridine rings is 1. The molecule has 0 atom stereocenters. The summed E-state index contributed by atoms with van der Waals surface area (Å²) in [6.45, 7) is 12.4. The minimum Gasteiger partial charge on any atom is -0.477 e. The number of rotatable bonds is 8. The van der Waals surface area contributed by atoms with Gasteiger partial charge in [-0.25, -0.2) is 9.78 Å². The Morgan fingerprint density at radius 3 is 2.45 bits per heavy atom. The number of aromatic nitrogens is 1. The third-order valence-corrected chi connectivity index (χ3v) is 9.92. The highest BCUT2D eigenvalue weighted by Crippen LogP contribution is 2.39. The molecule has 3 aliphatic rings. The fourth-order valence-electron chi connectivity index (χ4n) is 6.42. The molecular weight excluding hydrogens is 574 g/mol. The summed E-state index contributed by atoms with van der Waals surface area (Å²) in [4.78, 5) is 36.5. The zero-order valence-electron chi connectivity index (χ0n) is 26.6. The number of nitrogens with zero attached hydrogens (tertiary/aromatic N) is 3. The van der Waals surface area contributed by atoms with Crippen LogP contribution in [0.1, 0.15) is 99.3 Å². The summed E-state index contributed by atoms with van der Waals surface area (Å²) >= 11 is 1.17. The lowest BCUT2D eigenvalue weighted by molar-refractivity contribution is -0.124. The molecule has 3 heterocycles. The van der Waals surface area contributed by atoms with E-state index in [4.69, 9.17) is 14.5 Å². The minimum atomic E-state index is -1.01. The lowest BCUT2D eigenvalue weighted by atomic mass is 9.81. The average Bonchev–Trinajstić information content (AvgIpc) is 3.42. The zero-order chi connectivity index (χ0) is 31.3. The van der Waals surface area contributed by atoms with E-state index in [-0.39, 0.29) is 34.3 Å². The van der Waals surface area contributed by atoms with Gasteiger partial charge in [-0.05, 0) is 90.2 Å². The number of anilines is 1. The molecule has 0 aromatic carbocycles. The van der Waals surface area contributed by atoms with E-state index >= 15 is 0 Å². The van der Waals surface area contributed by atoms with Gasteiger partial charge in [0.2, 0.25) is 11.8 Å². The van der Waals surface area contributed by atoms with Crippen molar-refractivity contribution < 1.29 is 24.2 Å². The molecule has 1 aliphatic heterocycles. The molecule has 0 unspecified atom stereocenters. The van der Waals surface area contributed by atoms with Crippen LogP contribution in [0.4, 0.5) is 5.69 Å². The van der Waals surface area contributed by atoms with Crippen LogP contribution in [0, 0.1) is 29.1 Å². The number of thiophene rings is 1. The first-order valence-corrected chi connectivity index (χ1v) is 17.0. The summed E-state index contributed by atoms with van der Waals surface area (Å²) in [6.07, 6.45) is 6.79. The molecule has 5 rings (SSSR count). The smallest absolute Gasteiger partial charge is 0.348 e. The Labute approximate surface area is 266 Å². The number of ether oxygens (including phenoxy) is 2. The van der Waals surface area contributed by atoms with Crippen molar-refractivity contribution in [2.24, 2.45) is 17.3 Å². The third kappa shape index (κ3) is 8.62. The van der Waals surface area contributed by atoms with Crippen molar-refractivity contribution in [1.29, 1.82) is 0 Å². The maximum atomic E-state index is 14.2. The summed E-state index contributed by atoms with van der Waals surface area (Å²) < 4.78 is 11.8. The molecule has 0 spiro atoms. The molecule has 1 saturated heterocycles. The molecule has 9 heteroatoms. The molecule has 1 N–H and O–H groups in total. The first-order valence-electron chi connectivity index (χ1n) is 16.2. The average molecular weight is 622 g/mol. The van der Waals surface area contributed by atoms with Gasteiger partial charge < -0.3 is 19.5 Å². The van der Waals surface area contributed by atoms with Crippen molar-refractivity contribution >= 4 is 28.9 Å². The standard InChI is InChI=1S/C35H47N3O5S/c1-24-8-10-25(11-9-24)33(39)38(30-22-29(16-17-35(2,3)4)44-32(30)34(40)41)27-12-14-28(15-13-27)43-31-7-5-6-26(36-31)23-37-18-20-42-21-19-37/h5-7,22,24-25,27-28H,8-15,18-21,23H2,1-4H3,(H,40,41)/t24?,25?,27-,28-. The summed E-state index contributed by atoms with van der Waals surface area (Å²) in [7, 11) is 0. The first kappa shape index (κ1) is 32.5. The highest BCUT2D eigenvalue weighted by molar-refractivity contribution is 7.15. The van der Waals surface area contributed by atoms with Gasteiger partial charge >= 0.3 is 5.97 Å². The van der Waals surface area contributed by atoms with Gasteiger partial charge in [-0.1, -0.05) is 24.8 Å². The maximum absolute atomic E-state index is 14.2. The molecular formula is C35H47N3O5S. The van der Waals surface area contributed by atoms with Gasteiger partial charge in [-0.15, -0.1) is 11.3 Å². The maximum Gasteiger partial charge on any atom is 0.348 e. The second kappa shape index (κ2) is 14.4. The van der Waals surface area contributed by atoms with E-state index in [9.17, 15) is 14.7 Å². The lowest BCUT2D eigenvalue weighted by Crippen LogP contribution is -2.47. The first-order chi connectivity index (χ1) is 21.1. The van der Waals surface area contributed by atoms with Crippen LogP contribution in [0.15, 0.2) is 24.3 Å². The molecule has 2 aliphatic carbocycles. The van der Waals surface area contributed by atoms with Crippen molar-refractivity contribution in [3.8, 4) is 17.7 Å². The fourth-order valence-corrected chi connectivity index (χ4v) is 7.26. The molecule has 8 nitrogen and oxygen atoms in total. The topological polar surface area (TPSA) is 92.2 Å². The summed E-state index contributed by atoms with van der Waals surface area (Å²) in [6, 6.07) is 7.70. The Morgan fingerprint density at radius 1 is 1.09 bits per heavy atom. The lowest BCUT2D eigenvalue weighted by Gasteiger charge is -2.39. The van der Waals surface area contributed by atoms with Gasteiger partial charge in [0.05, 0.1) is 29.5 Å². The van der Waals surface area contributed by atoms with Gasteiger partial charge in [-0.3, -0.25) is 9.69 Å². The highest BCUT2D eigenvalue weighted by atomic mass is 32.1. The van der Waals surface area contributed by atoms with E-state index in [0.717, 1.165) is 89.9 Å². The van der Waals surface area contributed by atoms with Gasteiger partial charge in [0, 0.05) is 43.1 Å². The Morgan fingerprint density at radius 2 is 1.80 bits per heavy atom. The molecule has 2 aromatic rings. The van der Waals surface area contributed by atoms with E-state index < -0.39 is 5.97 Å². The van der Waals surface area contributed by atoms with Gasteiger partial charge in [0.25, 0.3) is 0 Å². The fraction of sp³-hybridized carbons (Fsp3) is 0.629. The predicted octanol–water partition coefficient (Wildman–Crippen LogP) is 6.62.